The summed E-state index contributed by atoms with van der Waals surface area (Å²) in [5.74, 6) is -0.801. The van der Waals surface area contributed by atoms with Gasteiger partial charge in [-0.15, -0.1) is 0 Å². The van der Waals surface area contributed by atoms with Crippen molar-refractivity contribution in [2.45, 2.75) is 77.1 Å². The number of allylic oxidation sites excluding steroid dienone is 1. The Morgan fingerprint density at radius 2 is 1.93 bits per heavy atom. The first-order chi connectivity index (χ1) is 13.3. The molecule has 0 aromatic carbocycles. The van der Waals surface area contributed by atoms with Gasteiger partial charge in [0, 0.05) is 12.7 Å². The first-order valence-corrected chi connectivity index (χ1v) is 12.9. The molecule has 2 aliphatic rings. The van der Waals surface area contributed by atoms with Crippen molar-refractivity contribution in [3.05, 3.63) is 22.8 Å². The lowest BCUT2D eigenvalue weighted by Gasteiger charge is -2.46. The Labute approximate surface area is 174 Å². The van der Waals surface area contributed by atoms with E-state index in [9.17, 15) is 14.7 Å². The summed E-state index contributed by atoms with van der Waals surface area (Å²) in [7, 11) is 0.676. The van der Waals surface area contributed by atoms with Crippen LogP contribution >= 0.6 is 0 Å². The third kappa shape index (κ3) is 4.82. The largest absolute Gasteiger partial charge is 0.466 e. The Hall–Kier alpha value is -1.48. The van der Waals surface area contributed by atoms with Crippen molar-refractivity contribution in [2.24, 2.45) is 5.92 Å². The van der Waals surface area contributed by atoms with Crippen molar-refractivity contribution in [2.75, 3.05) is 14.2 Å². The average Bonchev–Trinajstić information content (AvgIpc) is 2.62. The van der Waals surface area contributed by atoms with Gasteiger partial charge in [-0.25, -0.2) is 4.79 Å². The predicted octanol–water partition coefficient (Wildman–Crippen LogP) is 2.67. The molecular weight excluding hydrogens is 390 g/mol. The molecule has 1 aliphatic heterocycles. The van der Waals surface area contributed by atoms with Crippen LogP contribution in [0.4, 0.5) is 0 Å². The first kappa shape index (κ1) is 23.8. The highest BCUT2D eigenvalue weighted by atomic mass is 28.4. The van der Waals surface area contributed by atoms with Gasteiger partial charge < -0.3 is 24.3 Å². The number of hydrogen-bond donors (Lipinski definition) is 2. The fourth-order valence-corrected chi connectivity index (χ4v) is 5.06. The number of β-lactam (4-membered cyclic amide) rings is 1. The van der Waals surface area contributed by atoms with Gasteiger partial charge in [0.05, 0.1) is 25.2 Å². The number of carbonyl (C=O) groups is 2. The Morgan fingerprint density at radius 1 is 1.31 bits per heavy atom. The smallest absolute Gasteiger partial charge is 0.334 e. The summed E-state index contributed by atoms with van der Waals surface area (Å²) in [6.07, 6.45) is 1.19. The zero-order chi connectivity index (χ0) is 22.1. The molecule has 0 bridgehead atoms. The van der Waals surface area contributed by atoms with Gasteiger partial charge in [0.15, 0.2) is 14.6 Å². The van der Waals surface area contributed by atoms with Crippen molar-refractivity contribution in [3.8, 4) is 0 Å². The lowest BCUT2D eigenvalue weighted by Crippen LogP contribution is -2.64. The molecule has 2 N–H and O–H groups in total. The average molecular weight is 426 g/mol. The van der Waals surface area contributed by atoms with E-state index in [1.165, 1.54) is 14.2 Å². The van der Waals surface area contributed by atoms with E-state index in [0.29, 0.717) is 24.0 Å². The maximum atomic E-state index is 12.4. The van der Waals surface area contributed by atoms with Gasteiger partial charge in [-0.3, -0.25) is 4.79 Å². The number of ether oxygens (including phenoxy) is 2. The molecule has 29 heavy (non-hydrogen) atoms. The van der Waals surface area contributed by atoms with E-state index in [2.05, 4.69) is 39.2 Å². The fourth-order valence-electron chi connectivity index (χ4n) is 3.63. The number of methoxy groups -OCH3 is 2. The Bertz CT molecular complexity index is 721. The van der Waals surface area contributed by atoms with E-state index in [1.54, 1.807) is 0 Å². The Kier molecular flexibility index (Phi) is 7.15. The number of aliphatic hydroxyl groups excluding tert-OH is 1. The molecule has 4 unspecified atom stereocenters. The van der Waals surface area contributed by atoms with Crippen molar-refractivity contribution < 1.29 is 28.6 Å². The summed E-state index contributed by atoms with van der Waals surface area (Å²) in [4.78, 5) is 24.5. The van der Waals surface area contributed by atoms with Crippen LogP contribution in [-0.2, 0) is 23.5 Å². The zero-order valence-electron chi connectivity index (χ0n) is 18.8. The molecule has 0 saturated carbocycles. The SMILES string of the molecule is COC(=O)C1=C(C(O)OC)CC(C2NC(=O)C2C(C)O[Si](C)(C)C(C)(C)C)=CC1. The van der Waals surface area contributed by atoms with Gasteiger partial charge in [-0.05, 0) is 49.0 Å². The topological polar surface area (TPSA) is 94.1 Å². The van der Waals surface area contributed by atoms with Crippen molar-refractivity contribution in [1.29, 1.82) is 0 Å². The Morgan fingerprint density at radius 3 is 2.41 bits per heavy atom. The van der Waals surface area contributed by atoms with Gasteiger partial charge in [-0.2, -0.15) is 0 Å². The monoisotopic (exact) mass is 425 g/mol. The standard InChI is InChI=1S/C21H35NO6Si/c1-12(28-29(7,8)21(2,3)4)16-17(22-18(16)23)13-9-10-14(19(24)26-5)15(11-13)20(25)27-6/h9,12,16-17,20,25H,10-11H2,1-8H3,(H,22,23). The van der Waals surface area contributed by atoms with Crippen LogP contribution in [0.1, 0.15) is 40.5 Å². The second-order valence-electron chi connectivity index (χ2n) is 9.34. The number of hydrogen-bond acceptors (Lipinski definition) is 6. The van der Waals surface area contributed by atoms with Gasteiger partial charge >= 0.3 is 5.97 Å². The second-order valence-corrected chi connectivity index (χ2v) is 14.1. The summed E-state index contributed by atoms with van der Waals surface area (Å²) in [5.41, 5.74) is 1.84. The molecule has 0 aromatic rings. The maximum Gasteiger partial charge on any atom is 0.334 e. The van der Waals surface area contributed by atoms with E-state index >= 15 is 0 Å². The minimum Gasteiger partial charge on any atom is -0.466 e. The summed E-state index contributed by atoms with van der Waals surface area (Å²) in [6, 6.07) is -0.180. The summed E-state index contributed by atoms with van der Waals surface area (Å²) in [6.45, 7) is 12.8. The third-order valence-corrected chi connectivity index (χ3v) is 11.0. The van der Waals surface area contributed by atoms with Crippen LogP contribution < -0.4 is 5.32 Å². The van der Waals surface area contributed by atoms with Gasteiger partial charge in [0.2, 0.25) is 5.91 Å². The fraction of sp³-hybridized carbons (Fsp3) is 0.714. The first-order valence-electron chi connectivity index (χ1n) is 10.0. The van der Waals surface area contributed by atoms with Crippen LogP contribution in [0.25, 0.3) is 0 Å². The quantitative estimate of drug-likeness (QED) is 0.214. The van der Waals surface area contributed by atoms with Crippen LogP contribution in [0.15, 0.2) is 22.8 Å². The van der Waals surface area contributed by atoms with Crippen LogP contribution in [-0.4, -0.2) is 58.0 Å². The molecular formula is C21H35NO6Si. The van der Waals surface area contributed by atoms with E-state index < -0.39 is 20.6 Å². The van der Waals surface area contributed by atoms with E-state index in [0.717, 1.165) is 5.57 Å². The van der Waals surface area contributed by atoms with E-state index in [4.69, 9.17) is 13.9 Å². The number of rotatable bonds is 7. The molecule has 8 heteroatoms. The summed E-state index contributed by atoms with van der Waals surface area (Å²) < 4.78 is 16.3. The molecule has 0 spiro atoms. The van der Waals surface area contributed by atoms with Crippen molar-refractivity contribution in [1.82, 2.24) is 5.32 Å². The number of aliphatic hydroxyl groups is 1. The van der Waals surface area contributed by atoms with Gasteiger partial charge in [0.25, 0.3) is 0 Å². The molecule has 1 heterocycles. The highest BCUT2D eigenvalue weighted by molar-refractivity contribution is 6.74. The Balaban J connectivity index is 2.19. The summed E-state index contributed by atoms with van der Waals surface area (Å²) >= 11 is 0. The zero-order valence-corrected chi connectivity index (χ0v) is 19.8. The second kappa shape index (κ2) is 8.71. The molecule has 1 fully saturated rings. The number of esters is 1. The van der Waals surface area contributed by atoms with Crippen molar-refractivity contribution in [3.63, 3.8) is 0 Å². The molecule has 7 nitrogen and oxygen atoms in total. The molecule has 2 rings (SSSR count). The molecule has 1 amide bonds. The highest BCUT2D eigenvalue weighted by Crippen LogP contribution is 2.41. The lowest BCUT2D eigenvalue weighted by atomic mass is 9.76. The molecule has 1 saturated heterocycles. The summed E-state index contributed by atoms with van der Waals surface area (Å²) in [5, 5.41) is 13.3. The lowest BCUT2D eigenvalue weighted by molar-refractivity contribution is -0.139. The molecule has 4 atom stereocenters. The van der Waals surface area contributed by atoms with Crippen LogP contribution in [0.2, 0.25) is 18.1 Å². The minimum absolute atomic E-state index is 0.0290. The predicted molar refractivity (Wildman–Crippen MR) is 113 cm³/mol. The highest BCUT2D eigenvalue weighted by Gasteiger charge is 2.49. The number of amides is 1. The van der Waals surface area contributed by atoms with Crippen LogP contribution in [0.3, 0.4) is 0 Å². The molecule has 0 aromatic heterocycles. The van der Waals surface area contributed by atoms with Gasteiger partial charge in [0.1, 0.15) is 0 Å². The van der Waals surface area contributed by atoms with Crippen LogP contribution in [0, 0.1) is 5.92 Å². The van der Waals surface area contributed by atoms with E-state index in [-0.39, 0.29) is 29.0 Å². The van der Waals surface area contributed by atoms with Crippen LogP contribution in [0.5, 0.6) is 0 Å². The van der Waals surface area contributed by atoms with Crippen molar-refractivity contribution >= 4 is 20.2 Å². The maximum absolute atomic E-state index is 12.4. The third-order valence-electron chi connectivity index (χ3n) is 6.46. The normalized spacial score (nSPS) is 25.0. The molecule has 1 aliphatic carbocycles. The minimum atomic E-state index is -2.02. The molecule has 0 radical (unpaired) electrons. The van der Waals surface area contributed by atoms with Gasteiger partial charge in [-0.1, -0.05) is 26.8 Å². The molecule has 164 valence electrons. The number of nitrogens with one attached hydrogen (secondary N) is 1. The van der Waals surface area contributed by atoms with E-state index in [1.807, 2.05) is 13.0 Å². The number of carbonyl (C=O) groups excluding carboxylic acids is 2.